The van der Waals surface area contributed by atoms with E-state index in [1.54, 1.807) is 0 Å². The Bertz CT molecular complexity index is 298. The zero-order chi connectivity index (χ0) is 14.6. The molecule has 0 heterocycles. The van der Waals surface area contributed by atoms with Gasteiger partial charge in [0.25, 0.3) is 0 Å². The Morgan fingerprint density at radius 3 is 2.42 bits per heavy atom. The molecule has 0 aromatic heterocycles. The van der Waals surface area contributed by atoms with Crippen molar-refractivity contribution in [3.63, 3.8) is 0 Å². The van der Waals surface area contributed by atoms with E-state index in [0.717, 1.165) is 18.6 Å². The molecule has 0 radical (unpaired) electrons. The smallest absolute Gasteiger partial charge is 0.0504 e. The summed E-state index contributed by atoms with van der Waals surface area (Å²) in [6.45, 7) is 11.4. The highest BCUT2D eigenvalue weighted by Crippen LogP contribution is 2.39. The molecular formula is C16H33NOS. The molecule has 1 fully saturated rings. The molecule has 0 bridgehead atoms. The maximum atomic E-state index is 12.7. The number of hydrogen-bond acceptors (Lipinski definition) is 2. The lowest BCUT2D eigenvalue weighted by atomic mass is 9.71. The van der Waals surface area contributed by atoms with E-state index in [0.29, 0.717) is 28.5 Å². The van der Waals surface area contributed by atoms with E-state index in [2.05, 4.69) is 39.9 Å². The second-order valence-electron chi connectivity index (χ2n) is 7.37. The summed E-state index contributed by atoms with van der Waals surface area (Å²) in [6.07, 6.45) is 4.70. The van der Waals surface area contributed by atoms with Gasteiger partial charge >= 0.3 is 0 Å². The number of hydrogen-bond donors (Lipinski definition) is 1. The molecule has 0 spiro atoms. The van der Waals surface area contributed by atoms with Gasteiger partial charge in [-0.15, -0.1) is 0 Å². The Morgan fingerprint density at radius 2 is 1.95 bits per heavy atom. The van der Waals surface area contributed by atoms with E-state index < -0.39 is 10.8 Å². The van der Waals surface area contributed by atoms with Gasteiger partial charge in [-0.05, 0) is 43.6 Å². The fraction of sp³-hybridized carbons (Fsp3) is 1.00. The third-order valence-electron chi connectivity index (χ3n) is 4.87. The topological polar surface area (TPSA) is 29.1 Å². The van der Waals surface area contributed by atoms with Crippen LogP contribution in [0.4, 0.5) is 0 Å². The Balaban J connectivity index is 2.72. The van der Waals surface area contributed by atoms with Gasteiger partial charge in [-0.3, -0.25) is 4.21 Å². The first-order chi connectivity index (χ1) is 8.79. The monoisotopic (exact) mass is 287 g/mol. The van der Waals surface area contributed by atoms with Crippen molar-refractivity contribution < 1.29 is 4.21 Å². The van der Waals surface area contributed by atoms with Crippen LogP contribution in [-0.4, -0.2) is 28.3 Å². The predicted molar refractivity (Wildman–Crippen MR) is 85.9 cm³/mol. The highest BCUT2D eigenvalue weighted by Gasteiger charge is 2.38. The Kier molecular flexibility index (Phi) is 6.52. The maximum absolute atomic E-state index is 12.7. The molecule has 1 aliphatic rings. The molecule has 0 aliphatic heterocycles. The SMILES string of the molecule is CCC(C)CS(=O)C1CC(C(C)(C)C)CCC1NC. The first-order valence-electron chi connectivity index (χ1n) is 7.84. The van der Waals surface area contributed by atoms with Gasteiger partial charge in [0.05, 0.1) is 5.25 Å². The molecule has 0 saturated heterocycles. The molecule has 1 saturated carbocycles. The second-order valence-corrected chi connectivity index (χ2v) is 9.07. The molecule has 114 valence electrons. The molecule has 5 unspecified atom stereocenters. The molecule has 19 heavy (non-hydrogen) atoms. The van der Waals surface area contributed by atoms with Crippen LogP contribution in [-0.2, 0) is 10.8 Å². The van der Waals surface area contributed by atoms with Crippen molar-refractivity contribution >= 4 is 10.8 Å². The molecule has 0 aromatic carbocycles. The fourth-order valence-corrected chi connectivity index (χ4v) is 5.19. The van der Waals surface area contributed by atoms with Crippen molar-refractivity contribution in [3.05, 3.63) is 0 Å². The Morgan fingerprint density at radius 1 is 1.32 bits per heavy atom. The van der Waals surface area contributed by atoms with Crippen LogP contribution in [0.2, 0.25) is 0 Å². The molecule has 1 aliphatic carbocycles. The van der Waals surface area contributed by atoms with Crippen molar-refractivity contribution in [2.24, 2.45) is 17.3 Å². The first-order valence-corrected chi connectivity index (χ1v) is 9.22. The molecule has 2 nitrogen and oxygen atoms in total. The van der Waals surface area contributed by atoms with Gasteiger partial charge in [0.2, 0.25) is 0 Å². The van der Waals surface area contributed by atoms with Gasteiger partial charge in [0.1, 0.15) is 0 Å². The highest BCUT2D eigenvalue weighted by molar-refractivity contribution is 7.85. The second kappa shape index (κ2) is 7.21. The Hall–Kier alpha value is 0.110. The molecular weight excluding hydrogens is 254 g/mol. The summed E-state index contributed by atoms with van der Waals surface area (Å²) in [4.78, 5) is 0. The Labute approximate surface area is 122 Å². The minimum absolute atomic E-state index is 0.344. The lowest BCUT2D eigenvalue weighted by Crippen LogP contribution is -2.47. The van der Waals surface area contributed by atoms with E-state index >= 15 is 0 Å². The summed E-state index contributed by atoms with van der Waals surface area (Å²) in [5.41, 5.74) is 0.345. The molecule has 5 atom stereocenters. The van der Waals surface area contributed by atoms with Crippen LogP contribution < -0.4 is 5.32 Å². The summed E-state index contributed by atoms with van der Waals surface area (Å²) in [7, 11) is 1.34. The van der Waals surface area contributed by atoms with Crippen LogP contribution in [0.15, 0.2) is 0 Å². The van der Waals surface area contributed by atoms with E-state index in [9.17, 15) is 4.21 Å². The van der Waals surface area contributed by atoms with Gasteiger partial charge in [0, 0.05) is 22.6 Å². The van der Waals surface area contributed by atoms with Crippen LogP contribution in [0.25, 0.3) is 0 Å². The van der Waals surface area contributed by atoms with E-state index in [1.807, 2.05) is 7.05 Å². The van der Waals surface area contributed by atoms with Crippen molar-refractivity contribution in [1.29, 1.82) is 0 Å². The lowest BCUT2D eigenvalue weighted by Gasteiger charge is -2.41. The lowest BCUT2D eigenvalue weighted by molar-refractivity contribution is 0.166. The van der Waals surface area contributed by atoms with Gasteiger partial charge in [-0.25, -0.2) is 0 Å². The normalized spacial score (nSPS) is 32.0. The highest BCUT2D eigenvalue weighted by atomic mass is 32.2. The van der Waals surface area contributed by atoms with Gasteiger partial charge in [-0.2, -0.15) is 0 Å². The quantitative estimate of drug-likeness (QED) is 0.837. The molecule has 0 aromatic rings. The number of nitrogens with one attached hydrogen (secondary N) is 1. The van der Waals surface area contributed by atoms with Crippen LogP contribution >= 0.6 is 0 Å². The summed E-state index contributed by atoms with van der Waals surface area (Å²) >= 11 is 0. The van der Waals surface area contributed by atoms with Crippen LogP contribution in [0.5, 0.6) is 0 Å². The van der Waals surface area contributed by atoms with Crippen LogP contribution in [0, 0.1) is 17.3 Å². The van der Waals surface area contributed by atoms with Gasteiger partial charge in [-0.1, -0.05) is 41.0 Å². The summed E-state index contributed by atoms with van der Waals surface area (Å²) in [5, 5.41) is 3.75. The minimum atomic E-state index is -0.684. The average molecular weight is 288 g/mol. The van der Waals surface area contributed by atoms with E-state index in [4.69, 9.17) is 0 Å². The summed E-state index contributed by atoms with van der Waals surface area (Å²) in [6, 6.07) is 0.448. The largest absolute Gasteiger partial charge is 0.316 e. The average Bonchev–Trinajstić information content (AvgIpc) is 2.36. The third kappa shape index (κ3) is 4.86. The predicted octanol–water partition coefficient (Wildman–Crippen LogP) is 3.58. The van der Waals surface area contributed by atoms with E-state index in [1.165, 1.54) is 12.8 Å². The summed E-state index contributed by atoms with van der Waals surface area (Å²) in [5.74, 6) is 2.16. The molecule has 1 N–H and O–H groups in total. The standard InChI is InChI=1S/C16H33NOS/c1-7-12(2)11-19(18)15-10-13(16(3,4)5)8-9-14(15)17-6/h12-15,17H,7-11H2,1-6H3. The van der Waals surface area contributed by atoms with E-state index in [-0.39, 0.29) is 0 Å². The van der Waals surface area contributed by atoms with Gasteiger partial charge < -0.3 is 5.32 Å². The van der Waals surface area contributed by atoms with Crippen LogP contribution in [0.1, 0.15) is 60.3 Å². The van der Waals surface area contributed by atoms with Crippen LogP contribution in [0.3, 0.4) is 0 Å². The molecule has 1 rings (SSSR count). The van der Waals surface area contributed by atoms with Gasteiger partial charge in [0.15, 0.2) is 0 Å². The summed E-state index contributed by atoms with van der Waals surface area (Å²) < 4.78 is 12.7. The third-order valence-corrected chi connectivity index (χ3v) is 6.96. The molecule has 3 heteroatoms. The first kappa shape index (κ1) is 17.2. The number of rotatable bonds is 5. The fourth-order valence-electron chi connectivity index (χ4n) is 3.06. The minimum Gasteiger partial charge on any atom is -0.316 e. The van der Waals surface area contributed by atoms with Crippen molar-refractivity contribution in [2.75, 3.05) is 12.8 Å². The van der Waals surface area contributed by atoms with Crippen molar-refractivity contribution in [1.82, 2.24) is 5.32 Å². The maximum Gasteiger partial charge on any atom is 0.0504 e. The molecule has 0 amide bonds. The van der Waals surface area contributed by atoms with Crippen molar-refractivity contribution in [2.45, 2.75) is 71.6 Å². The zero-order valence-corrected chi connectivity index (χ0v) is 14.5. The zero-order valence-electron chi connectivity index (χ0n) is 13.7. The van der Waals surface area contributed by atoms with Crippen molar-refractivity contribution in [3.8, 4) is 0 Å².